The zero-order valence-corrected chi connectivity index (χ0v) is 12.0. The van der Waals surface area contributed by atoms with E-state index in [4.69, 9.17) is 0 Å². The van der Waals surface area contributed by atoms with E-state index < -0.39 is 0 Å². The lowest BCUT2D eigenvalue weighted by Gasteiger charge is -2.23. The van der Waals surface area contributed by atoms with Crippen LogP contribution in [0, 0.1) is 5.92 Å². The van der Waals surface area contributed by atoms with Crippen molar-refractivity contribution in [3.8, 4) is 0 Å². The highest BCUT2D eigenvalue weighted by Gasteiger charge is 2.13. The van der Waals surface area contributed by atoms with Gasteiger partial charge in [0.15, 0.2) is 0 Å². The van der Waals surface area contributed by atoms with Crippen molar-refractivity contribution in [3.63, 3.8) is 0 Å². The van der Waals surface area contributed by atoms with E-state index in [9.17, 15) is 0 Å². The molecule has 0 heterocycles. The molecule has 1 nitrogen and oxygen atoms in total. The van der Waals surface area contributed by atoms with Gasteiger partial charge in [-0.1, -0.05) is 65.7 Å². The second kappa shape index (κ2) is 11.4. The van der Waals surface area contributed by atoms with Gasteiger partial charge in [-0.3, -0.25) is 0 Å². The molecule has 0 aromatic carbocycles. The minimum absolute atomic E-state index is 0.700. The number of hydrogen-bond acceptors (Lipinski definition) is 1. The minimum Gasteiger partial charge on any atom is -0.314 e. The molecular formula is C15H33N. The van der Waals surface area contributed by atoms with E-state index in [1.807, 2.05) is 0 Å². The molecule has 0 fully saturated rings. The Morgan fingerprint density at radius 2 is 1.50 bits per heavy atom. The van der Waals surface area contributed by atoms with E-state index in [1.165, 1.54) is 51.4 Å². The van der Waals surface area contributed by atoms with Crippen LogP contribution in [-0.4, -0.2) is 12.6 Å². The minimum atomic E-state index is 0.700. The third-order valence-electron chi connectivity index (χ3n) is 3.69. The Morgan fingerprint density at radius 3 is 2.06 bits per heavy atom. The van der Waals surface area contributed by atoms with Crippen molar-refractivity contribution in [2.24, 2.45) is 5.92 Å². The van der Waals surface area contributed by atoms with E-state index >= 15 is 0 Å². The van der Waals surface area contributed by atoms with Crippen molar-refractivity contribution < 1.29 is 0 Å². The molecule has 2 unspecified atom stereocenters. The predicted molar refractivity (Wildman–Crippen MR) is 74.9 cm³/mol. The smallest absolute Gasteiger partial charge is 0.00667 e. The van der Waals surface area contributed by atoms with Crippen molar-refractivity contribution in [3.05, 3.63) is 0 Å². The average Bonchev–Trinajstić information content (AvgIpc) is 2.28. The first kappa shape index (κ1) is 16.0. The van der Waals surface area contributed by atoms with Crippen LogP contribution >= 0.6 is 0 Å². The van der Waals surface area contributed by atoms with Crippen LogP contribution in [0.1, 0.15) is 79.1 Å². The fourth-order valence-electron chi connectivity index (χ4n) is 2.48. The van der Waals surface area contributed by atoms with E-state index in [2.05, 4.69) is 33.0 Å². The third-order valence-corrected chi connectivity index (χ3v) is 3.69. The summed E-state index contributed by atoms with van der Waals surface area (Å²) < 4.78 is 0. The van der Waals surface area contributed by atoms with Crippen LogP contribution in [0.3, 0.4) is 0 Å². The number of nitrogens with one attached hydrogen (secondary N) is 1. The quantitative estimate of drug-likeness (QED) is 0.502. The highest BCUT2D eigenvalue weighted by atomic mass is 14.9. The van der Waals surface area contributed by atoms with Gasteiger partial charge in [0.1, 0.15) is 0 Å². The second-order valence-electron chi connectivity index (χ2n) is 5.07. The molecule has 98 valence electrons. The summed E-state index contributed by atoms with van der Waals surface area (Å²) in [5, 5.41) is 3.56. The van der Waals surface area contributed by atoms with Crippen LogP contribution in [-0.2, 0) is 0 Å². The maximum Gasteiger partial charge on any atom is 0.00667 e. The summed E-state index contributed by atoms with van der Waals surface area (Å²) in [5.74, 6) is 0.881. The van der Waals surface area contributed by atoms with Crippen molar-refractivity contribution in [2.45, 2.75) is 85.1 Å². The van der Waals surface area contributed by atoms with Gasteiger partial charge in [0.05, 0.1) is 0 Å². The van der Waals surface area contributed by atoms with Gasteiger partial charge < -0.3 is 5.32 Å². The highest BCUT2D eigenvalue weighted by molar-refractivity contribution is 4.70. The molecule has 0 rings (SSSR count). The zero-order valence-electron chi connectivity index (χ0n) is 12.0. The molecule has 0 aliphatic heterocycles. The topological polar surface area (TPSA) is 12.0 Å². The fourth-order valence-corrected chi connectivity index (χ4v) is 2.48. The van der Waals surface area contributed by atoms with Crippen molar-refractivity contribution >= 4 is 0 Å². The maximum absolute atomic E-state index is 3.56. The molecule has 0 bridgehead atoms. The molecule has 0 radical (unpaired) electrons. The Balaban J connectivity index is 3.47. The van der Waals surface area contributed by atoms with Gasteiger partial charge in [0, 0.05) is 6.04 Å². The SMILES string of the molecule is CCCCCCCCC(CC)C(C)NCC. The summed E-state index contributed by atoms with van der Waals surface area (Å²) in [6.07, 6.45) is 11.3. The molecule has 0 saturated heterocycles. The number of unbranched alkanes of at least 4 members (excludes halogenated alkanes) is 5. The van der Waals surface area contributed by atoms with E-state index in [-0.39, 0.29) is 0 Å². The van der Waals surface area contributed by atoms with Crippen LogP contribution in [0.25, 0.3) is 0 Å². The molecule has 16 heavy (non-hydrogen) atoms. The summed E-state index contributed by atoms with van der Waals surface area (Å²) in [5.41, 5.74) is 0. The lowest BCUT2D eigenvalue weighted by molar-refractivity contribution is 0.336. The fraction of sp³-hybridized carbons (Fsp3) is 1.00. The Hall–Kier alpha value is -0.0400. The van der Waals surface area contributed by atoms with Gasteiger partial charge >= 0.3 is 0 Å². The lowest BCUT2D eigenvalue weighted by atomic mass is 9.91. The first-order valence-electron chi connectivity index (χ1n) is 7.49. The van der Waals surface area contributed by atoms with Gasteiger partial charge in [-0.25, -0.2) is 0 Å². The van der Waals surface area contributed by atoms with Gasteiger partial charge in [-0.15, -0.1) is 0 Å². The zero-order chi connectivity index (χ0) is 12.2. The molecule has 0 aromatic heterocycles. The Kier molecular flexibility index (Phi) is 11.4. The number of hydrogen-bond donors (Lipinski definition) is 1. The van der Waals surface area contributed by atoms with Crippen molar-refractivity contribution in [1.29, 1.82) is 0 Å². The second-order valence-corrected chi connectivity index (χ2v) is 5.07. The summed E-state index contributed by atoms with van der Waals surface area (Å²) in [7, 11) is 0. The van der Waals surface area contributed by atoms with E-state index in [0.717, 1.165) is 12.5 Å². The normalized spacial score (nSPS) is 15.0. The van der Waals surface area contributed by atoms with Crippen LogP contribution < -0.4 is 5.32 Å². The van der Waals surface area contributed by atoms with Gasteiger partial charge in [0.2, 0.25) is 0 Å². The third kappa shape index (κ3) is 8.15. The molecule has 1 heteroatoms. The first-order valence-corrected chi connectivity index (χ1v) is 7.49. The molecule has 0 aromatic rings. The lowest BCUT2D eigenvalue weighted by Crippen LogP contribution is -2.33. The first-order chi connectivity index (χ1) is 7.76. The molecule has 0 aliphatic rings. The molecule has 0 aliphatic carbocycles. The van der Waals surface area contributed by atoms with Crippen LogP contribution in [0.2, 0.25) is 0 Å². The Bertz CT molecular complexity index is 133. The van der Waals surface area contributed by atoms with Gasteiger partial charge in [-0.2, -0.15) is 0 Å². The average molecular weight is 227 g/mol. The molecule has 0 amide bonds. The van der Waals surface area contributed by atoms with Gasteiger partial charge in [0.25, 0.3) is 0 Å². The molecule has 2 atom stereocenters. The largest absolute Gasteiger partial charge is 0.314 e. The molecular weight excluding hydrogens is 194 g/mol. The monoisotopic (exact) mass is 227 g/mol. The Morgan fingerprint density at radius 1 is 0.875 bits per heavy atom. The van der Waals surface area contributed by atoms with Gasteiger partial charge in [-0.05, 0) is 25.8 Å². The molecule has 0 spiro atoms. The van der Waals surface area contributed by atoms with Crippen LogP contribution in [0.4, 0.5) is 0 Å². The van der Waals surface area contributed by atoms with Crippen molar-refractivity contribution in [1.82, 2.24) is 5.32 Å². The number of rotatable bonds is 11. The standard InChI is InChI=1S/C15H33N/c1-5-8-9-10-11-12-13-15(6-2)14(4)16-7-3/h14-16H,5-13H2,1-4H3. The highest BCUT2D eigenvalue weighted by Crippen LogP contribution is 2.18. The summed E-state index contributed by atoms with van der Waals surface area (Å²) in [6, 6.07) is 0.700. The summed E-state index contributed by atoms with van der Waals surface area (Å²) >= 11 is 0. The van der Waals surface area contributed by atoms with Crippen LogP contribution in [0.15, 0.2) is 0 Å². The predicted octanol–water partition coefficient (Wildman–Crippen LogP) is 4.76. The van der Waals surface area contributed by atoms with E-state index in [0.29, 0.717) is 6.04 Å². The Labute approximate surface area is 103 Å². The maximum atomic E-state index is 3.56. The summed E-state index contributed by atoms with van der Waals surface area (Å²) in [6.45, 7) is 10.3. The molecule has 0 saturated carbocycles. The molecule has 1 N–H and O–H groups in total. The van der Waals surface area contributed by atoms with Crippen LogP contribution in [0.5, 0.6) is 0 Å². The van der Waals surface area contributed by atoms with E-state index in [1.54, 1.807) is 0 Å². The summed E-state index contributed by atoms with van der Waals surface area (Å²) in [4.78, 5) is 0. The van der Waals surface area contributed by atoms with Crippen molar-refractivity contribution in [2.75, 3.05) is 6.54 Å².